The smallest absolute Gasteiger partial charge is 0.415 e. The van der Waals surface area contributed by atoms with Crippen LogP contribution in [-0.2, 0) is 33.5 Å². The van der Waals surface area contributed by atoms with Gasteiger partial charge in [0.1, 0.15) is 18.1 Å². The number of carbonyl (C=O) groups is 2. The van der Waals surface area contributed by atoms with Crippen molar-refractivity contribution in [3.05, 3.63) is 59.2 Å². The van der Waals surface area contributed by atoms with Gasteiger partial charge in [0.25, 0.3) is 0 Å². The van der Waals surface area contributed by atoms with E-state index in [0.29, 0.717) is 18.1 Å². The summed E-state index contributed by atoms with van der Waals surface area (Å²) in [4.78, 5) is 25.7. The summed E-state index contributed by atoms with van der Waals surface area (Å²) in [6, 6.07) is 12.6. The van der Waals surface area contributed by atoms with Crippen LogP contribution < -0.4 is 9.47 Å². The molecule has 1 aliphatic rings. The lowest BCUT2D eigenvalue weighted by atomic mass is 10.1. The van der Waals surface area contributed by atoms with Crippen LogP contribution in [0.15, 0.2) is 42.5 Å². The second kappa shape index (κ2) is 14.8. The molecule has 0 bridgehead atoms. The van der Waals surface area contributed by atoms with Gasteiger partial charge in [-0.1, -0.05) is 18.2 Å². The van der Waals surface area contributed by atoms with Gasteiger partial charge in [0.2, 0.25) is 5.92 Å². The normalized spacial score (nSPS) is 13.5. The number of aliphatic carboxylic acids is 1. The number of hydrogen-bond donors (Lipinski definition) is 1. The van der Waals surface area contributed by atoms with Crippen LogP contribution in [0.4, 0.5) is 13.6 Å². The molecule has 0 heterocycles. The number of nitrogens with zero attached hydrogens (tertiary/aromatic N) is 1. The molecule has 0 aliphatic heterocycles. The number of carboxylic acid groups (broad SMARTS) is 1. The van der Waals surface area contributed by atoms with Crippen LogP contribution in [-0.4, -0.2) is 73.6 Å². The minimum atomic E-state index is -2.81. The van der Waals surface area contributed by atoms with Gasteiger partial charge < -0.3 is 29.0 Å². The molecule has 214 valence electrons. The van der Waals surface area contributed by atoms with Gasteiger partial charge in [-0.25, -0.2) is 18.4 Å². The zero-order valence-corrected chi connectivity index (χ0v) is 22.5. The number of amides is 1. The number of ether oxygens (including phenoxy) is 4. The Labute approximate surface area is 227 Å². The molecule has 10 heteroatoms. The molecule has 0 spiro atoms. The number of hydrogen-bond acceptors (Lipinski definition) is 6. The molecule has 1 N–H and O–H groups in total. The highest BCUT2D eigenvalue weighted by Gasteiger charge is 2.22. The number of carbonyl (C=O) groups excluding carboxylic acids is 1. The summed E-state index contributed by atoms with van der Waals surface area (Å²) in [5.41, 5.74) is 3.24. The van der Waals surface area contributed by atoms with Gasteiger partial charge in [-0.2, -0.15) is 0 Å². The Morgan fingerprint density at radius 3 is 2.38 bits per heavy atom. The largest absolute Gasteiger partial charge is 0.492 e. The summed E-state index contributed by atoms with van der Waals surface area (Å²) in [5, 5.41) is 9.26. The fourth-order valence-corrected chi connectivity index (χ4v) is 4.23. The molecule has 2 aromatic rings. The van der Waals surface area contributed by atoms with Crippen molar-refractivity contribution in [3.63, 3.8) is 0 Å². The first-order chi connectivity index (χ1) is 18.6. The van der Waals surface area contributed by atoms with Crippen molar-refractivity contribution in [1.29, 1.82) is 0 Å². The predicted molar refractivity (Wildman–Crippen MR) is 141 cm³/mol. The first kappa shape index (κ1) is 30.3. The molecule has 0 fully saturated rings. The Morgan fingerprint density at radius 1 is 1.00 bits per heavy atom. The summed E-state index contributed by atoms with van der Waals surface area (Å²) in [7, 11) is 0. The zero-order valence-electron chi connectivity index (χ0n) is 22.5. The molecular weight excluding hydrogens is 512 g/mol. The summed E-state index contributed by atoms with van der Waals surface area (Å²) in [6.45, 7) is 3.33. The van der Waals surface area contributed by atoms with Gasteiger partial charge in [0.15, 0.2) is 6.10 Å². The second-order valence-electron chi connectivity index (χ2n) is 9.55. The number of rotatable bonds is 16. The third-order valence-corrected chi connectivity index (χ3v) is 6.34. The molecule has 3 rings (SSSR count). The number of fused-ring (bicyclic) bond motifs is 1. The van der Waals surface area contributed by atoms with Crippen molar-refractivity contribution >= 4 is 12.1 Å². The molecule has 0 saturated carbocycles. The van der Waals surface area contributed by atoms with Crippen molar-refractivity contribution in [2.45, 2.75) is 58.0 Å². The van der Waals surface area contributed by atoms with Crippen LogP contribution in [0.3, 0.4) is 0 Å². The van der Waals surface area contributed by atoms with E-state index in [-0.39, 0.29) is 39.3 Å². The number of aryl methyl sites for hydroxylation is 2. The number of alkyl halides is 2. The van der Waals surface area contributed by atoms with Crippen LogP contribution in [0, 0.1) is 0 Å². The quantitative estimate of drug-likeness (QED) is 0.290. The summed E-state index contributed by atoms with van der Waals surface area (Å²) in [6.07, 6.45) is 1.39. The Morgan fingerprint density at radius 2 is 1.69 bits per heavy atom. The molecule has 1 amide bonds. The number of carboxylic acids is 1. The second-order valence-corrected chi connectivity index (χ2v) is 9.55. The van der Waals surface area contributed by atoms with Crippen LogP contribution in [0.5, 0.6) is 11.5 Å². The van der Waals surface area contributed by atoms with Crippen LogP contribution in [0.2, 0.25) is 0 Å². The monoisotopic (exact) mass is 549 g/mol. The minimum absolute atomic E-state index is 0.0780. The third-order valence-electron chi connectivity index (χ3n) is 6.34. The highest BCUT2D eigenvalue weighted by atomic mass is 19.3. The van der Waals surface area contributed by atoms with Crippen molar-refractivity contribution in [1.82, 2.24) is 4.90 Å². The Kier molecular flexibility index (Phi) is 11.5. The fraction of sp³-hybridized carbons (Fsp3) is 0.517. The Balaban J connectivity index is 1.54. The first-order valence-electron chi connectivity index (χ1n) is 13.2. The molecule has 8 nitrogen and oxygen atoms in total. The van der Waals surface area contributed by atoms with Crippen molar-refractivity contribution in [3.8, 4) is 11.5 Å². The van der Waals surface area contributed by atoms with Gasteiger partial charge in [0, 0.05) is 26.0 Å². The maximum Gasteiger partial charge on any atom is 0.415 e. The molecular formula is C29H37F2NO7. The van der Waals surface area contributed by atoms with E-state index < -0.39 is 30.5 Å². The van der Waals surface area contributed by atoms with Crippen molar-refractivity contribution < 1.29 is 42.4 Å². The lowest BCUT2D eigenvalue weighted by molar-refractivity contribution is -0.149. The lowest BCUT2D eigenvalue weighted by Crippen LogP contribution is -2.39. The SMILES string of the molecule is CCOC(Cc1ccc(OCCN(CCOCCC(C)(F)F)C(=O)Oc2ccc3c(c2)CCC3)cc1)C(=O)O. The van der Waals surface area contributed by atoms with Crippen molar-refractivity contribution in [2.75, 3.05) is 39.5 Å². The first-order valence-corrected chi connectivity index (χ1v) is 13.2. The van der Waals surface area contributed by atoms with Crippen LogP contribution in [0.1, 0.15) is 43.4 Å². The van der Waals surface area contributed by atoms with Gasteiger partial charge in [-0.15, -0.1) is 0 Å². The maximum atomic E-state index is 13.0. The van der Waals surface area contributed by atoms with E-state index in [2.05, 4.69) is 0 Å². The molecule has 2 aromatic carbocycles. The summed E-state index contributed by atoms with van der Waals surface area (Å²) >= 11 is 0. The molecule has 0 radical (unpaired) electrons. The highest BCUT2D eigenvalue weighted by molar-refractivity contribution is 5.72. The van der Waals surface area contributed by atoms with E-state index in [1.54, 1.807) is 37.3 Å². The molecule has 1 atom stereocenters. The average molecular weight is 550 g/mol. The molecule has 0 saturated heterocycles. The Bertz CT molecular complexity index is 1070. The fourth-order valence-electron chi connectivity index (χ4n) is 4.23. The van der Waals surface area contributed by atoms with Crippen LogP contribution in [0.25, 0.3) is 0 Å². The number of halogens is 2. The van der Waals surface area contributed by atoms with E-state index in [0.717, 1.165) is 31.7 Å². The summed E-state index contributed by atoms with van der Waals surface area (Å²) in [5.74, 6) is -2.82. The van der Waals surface area contributed by atoms with Crippen molar-refractivity contribution in [2.24, 2.45) is 0 Å². The molecule has 1 unspecified atom stereocenters. The summed E-state index contributed by atoms with van der Waals surface area (Å²) < 4.78 is 48.1. The van der Waals surface area contributed by atoms with E-state index >= 15 is 0 Å². The molecule has 0 aromatic heterocycles. The third kappa shape index (κ3) is 10.4. The van der Waals surface area contributed by atoms with E-state index in [4.69, 9.17) is 18.9 Å². The number of benzene rings is 2. The highest BCUT2D eigenvalue weighted by Crippen LogP contribution is 2.26. The Hall–Kier alpha value is -3.24. The average Bonchev–Trinajstić information content (AvgIpc) is 3.35. The predicted octanol–water partition coefficient (Wildman–Crippen LogP) is 5.15. The molecule has 39 heavy (non-hydrogen) atoms. The van der Waals surface area contributed by atoms with Gasteiger partial charge in [0.05, 0.1) is 19.8 Å². The maximum absolute atomic E-state index is 13.0. The van der Waals surface area contributed by atoms with Gasteiger partial charge in [-0.05, 0) is 74.1 Å². The zero-order chi connectivity index (χ0) is 28.3. The minimum Gasteiger partial charge on any atom is -0.492 e. The van der Waals surface area contributed by atoms with Gasteiger partial charge in [-0.3, -0.25) is 0 Å². The standard InChI is InChI=1S/C29H37F2NO7/c1-3-37-26(27(33)34)19-21-7-10-24(11-8-21)38-18-15-32(14-17-36-16-13-29(2,30)31)28(35)39-25-12-9-22-5-4-6-23(22)20-25/h7-12,20,26H,3-6,13-19H2,1-2H3,(H,33,34). The van der Waals surface area contributed by atoms with Gasteiger partial charge >= 0.3 is 12.1 Å². The molecule has 1 aliphatic carbocycles. The van der Waals surface area contributed by atoms with E-state index in [1.807, 2.05) is 12.1 Å². The topological polar surface area (TPSA) is 94.5 Å². The van der Waals surface area contributed by atoms with E-state index in [9.17, 15) is 23.5 Å². The van der Waals surface area contributed by atoms with E-state index in [1.165, 1.54) is 16.0 Å². The lowest BCUT2D eigenvalue weighted by Gasteiger charge is -2.22. The van der Waals surface area contributed by atoms with Crippen LogP contribution >= 0.6 is 0 Å².